The number of nitrogens with one attached hydrogen (secondary N) is 1. The Morgan fingerprint density at radius 3 is 2.84 bits per heavy atom. The zero-order valence-corrected chi connectivity index (χ0v) is 11.9. The molecule has 2 aliphatic heterocycles. The number of rotatable bonds is 3. The van der Waals surface area contributed by atoms with E-state index in [1.165, 1.54) is 31.4 Å². The molecule has 1 aromatic rings. The summed E-state index contributed by atoms with van der Waals surface area (Å²) in [5.74, 6) is 0.756. The first-order chi connectivity index (χ1) is 9.28. The van der Waals surface area contributed by atoms with Crippen molar-refractivity contribution < 1.29 is 4.74 Å². The number of piperidine rings is 1. The summed E-state index contributed by atoms with van der Waals surface area (Å²) < 4.78 is 7.86. The number of hydrogen-bond donors (Lipinski definition) is 1. The Morgan fingerprint density at radius 1 is 1.37 bits per heavy atom. The van der Waals surface area contributed by atoms with E-state index < -0.39 is 0 Å². The van der Waals surface area contributed by atoms with E-state index >= 15 is 0 Å². The Bertz CT molecular complexity index is 403. The van der Waals surface area contributed by atoms with Gasteiger partial charge in [-0.3, -0.25) is 0 Å². The number of ether oxygens (including phenoxy) is 1. The van der Waals surface area contributed by atoms with Crippen LogP contribution in [0.25, 0.3) is 0 Å². The number of imidazole rings is 1. The van der Waals surface area contributed by atoms with Gasteiger partial charge in [0.05, 0.1) is 6.33 Å². The summed E-state index contributed by atoms with van der Waals surface area (Å²) in [4.78, 5) is 4.42. The molecule has 0 atom stereocenters. The molecule has 4 nitrogen and oxygen atoms in total. The van der Waals surface area contributed by atoms with Gasteiger partial charge in [0.25, 0.3) is 0 Å². The smallest absolute Gasteiger partial charge is 0.0948 e. The molecule has 0 bridgehead atoms. The van der Waals surface area contributed by atoms with Crippen molar-refractivity contribution in [3.05, 3.63) is 18.2 Å². The molecular weight excluding hydrogens is 238 g/mol. The van der Waals surface area contributed by atoms with Crippen LogP contribution in [-0.2, 0) is 16.7 Å². The molecule has 2 aliphatic rings. The van der Waals surface area contributed by atoms with Crippen molar-refractivity contribution in [2.24, 2.45) is 5.92 Å². The molecule has 2 saturated heterocycles. The van der Waals surface area contributed by atoms with Crippen molar-refractivity contribution in [3.8, 4) is 0 Å². The molecule has 0 spiro atoms. The van der Waals surface area contributed by atoms with Crippen LogP contribution in [0.2, 0.25) is 0 Å². The van der Waals surface area contributed by atoms with E-state index in [0.717, 1.165) is 38.8 Å². The van der Waals surface area contributed by atoms with Crippen molar-refractivity contribution in [1.82, 2.24) is 14.9 Å². The second-order valence-electron chi connectivity index (χ2n) is 6.30. The lowest BCUT2D eigenvalue weighted by atomic mass is 9.78. The molecule has 106 valence electrons. The SMILES string of the molecule is CC1(c2cncn2CC2CCOCC2)CCNCC1. The normalized spacial score (nSPS) is 24.5. The topological polar surface area (TPSA) is 39.1 Å². The van der Waals surface area contributed by atoms with Crippen molar-refractivity contribution in [2.75, 3.05) is 26.3 Å². The van der Waals surface area contributed by atoms with Crippen LogP contribution in [0.1, 0.15) is 38.3 Å². The predicted octanol–water partition coefficient (Wildman–Crippen LogP) is 1.95. The molecule has 2 fully saturated rings. The standard InChI is InChI=1S/C15H25N3O/c1-15(4-6-16-7-5-15)14-10-17-12-18(14)11-13-2-8-19-9-3-13/h10,12-13,16H,2-9,11H2,1H3. The molecule has 3 heterocycles. The monoisotopic (exact) mass is 263 g/mol. The third kappa shape index (κ3) is 2.84. The molecule has 19 heavy (non-hydrogen) atoms. The van der Waals surface area contributed by atoms with Crippen LogP contribution in [-0.4, -0.2) is 35.9 Å². The van der Waals surface area contributed by atoms with Gasteiger partial charge in [-0.1, -0.05) is 6.92 Å². The molecule has 1 aromatic heterocycles. The first kappa shape index (κ1) is 13.1. The summed E-state index contributed by atoms with van der Waals surface area (Å²) in [5.41, 5.74) is 1.73. The first-order valence-electron chi connectivity index (χ1n) is 7.57. The minimum absolute atomic E-state index is 0.299. The molecular formula is C15H25N3O. The molecule has 0 saturated carbocycles. The summed E-state index contributed by atoms with van der Waals surface area (Å²) >= 11 is 0. The van der Waals surface area contributed by atoms with Gasteiger partial charge in [-0.2, -0.15) is 0 Å². The lowest BCUT2D eigenvalue weighted by Gasteiger charge is -2.35. The van der Waals surface area contributed by atoms with Gasteiger partial charge in [0.15, 0.2) is 0 Å². The minimum atomic E-state index is 0.299. The Morgan fingerprint density at radius 2 is 2.11 bits per heavy atom. The third-order valence-electron chi connectivity index (χ3n) is 4.83. The Balaban J connectivity index is 1.73. The molecule has 3 rings (SSSR count). The van der Waals surface area contributed by atoms with Gasteiger partial charge in [-0.05, 0) is 44.7 Å². The predicted molar refractivity (Wildman–Crippen MR) is 75.2 cm³/mol. The van der Waals surface area contributed by atoms with Crippen LogP contribution >= 0.6 is 0 Å². The van der Waals surface area contributed by atoms with Gasteiger partial charge in [0, 0.05) is 37.1 Å². The lowest BCUT2D eigenvalue weighted by molar-refractivity contribution is 0.0606. The number of aromatic nitrogens is 2. The van der Waals surface area contributed by atoms with Crippen LogP contribution in [0.15, 0.2) is 12.5 Å². The van der Waals surface area contributed by atoms with Crippen molar-refractivity contribution in [3.63, 3.8) is 0 Å². The van der Waals surface area contributed by atoms with Crippen LogP contribution in [0.5, 0.6) is 0 Å². The maximum absolute atomic E-state index is 5.45. The summed E-state index contributed by atoms with van der Waals surface area (Å²) in [6.07, 6.45) is 8.92. The molecule has 0 unspecified atom stereocenters. The average Bonchev–Trinajstić information content (AvgIpc) is 2.90. The van der Waals surface area contributed by atoms with E-state index in [4.69, 9.17) is 4.74 Å². The molecule has 0 aromatic carbocycles. The molecule has 0 aliphatic carbocycles. The Hall–Kier alpha value is -0.870. The van der Waals surface area contributed by atoms with Gasteiger partial charge in [-0.25, -0.2) is 4.98 Å². The van der Waals surface area contributed by atoms with E-state index in [1.54, 1.807) is 0 Å². The third-order valence-corrected chi connectivity index (χ3v) is 4.83. The summed E-state index contributed by atoms with van der Waals surface area (Å²) in [7, 11) is 0. The van der Waals surface area contributed by atoms with E-state index in [9.17, 15) is 0 Å². The Labute approximate surface area is 115 Å². The summed E-state index contributed by atoms with van der Waals surface area (Å²) in [6.45, 7) is 7.61. The second kappa shape index (κ2) is 5.63. The Kier molecular flexibility index (Phi) is 3.89. The van der Waals surface area contributed by atoms with Gasteiger partial charge in [0.1, 0.15) is 0 Å². The van der Waals surface area contributed by atoms with Crippen molar-refractivity contribution >= 4 is 0 Å². The molecule has 4 heteroatoms. The van der Waals surface area contributed by atoms with Gasteiger partial charge < -0.3 is 14.6 Å². The molecule has 0 amide bonds. The molecule has 0 radical (unpaired) electrons. The minimum Gasteiger partial charge on any atom is -0.381 e. The zero-order valence-electron chi connectivity index (χ0n) is 11.9. The molecule has 1 N–H and O–H groups in total. The summed E-state index contributed by atoms with van der Waals surface area (Å²) in [6, 6.07) is 0. The van der Waals surface area contributed by atoms with Crippen LogP contribution in [0.3, 0.4) is 0 Å². The fraction of sp³-hybridized carbons (Fsp3) is 0.800. The van der Waals surface area contributed by atoms with Crippen molar-refractivity contribution in [2.45, 2.75) is 44.6 Å². The second-order valence-corrected chi connectivity index (χ2v) is 6.30. The van der Waals surface area contributed by atoms with Gasteiger partial charge in [0.2, 0.25) is 0 Å². The highest BCUT2D eigenvalue weighted by atomic mass is 16.5. The highest BCUT2D eigenvalue weighted by Crippen LogP contribution is 2.33. The van der Waals surface area contributed by atoms with E-state index in [0.29, 0.717) is 5.41 Å². The maximum Gasteiger partial charge on any atom is 0.0948 e. The van der Waals surface area contributed by atoms with Crippen LogP contribution in [0, 0.1) is 5.92 Å². The van der Waals surface area contributed by atoms with E-state index in [-0.39, 0.29) is 0 Å². The maximum atomic E-state index is 5.45. The quantitative estimate of drug-likeness (QED) is 0.906. The number of nitrogens with zero attached hydrogens (tertiary/aromatic N) is 2. The van der Waals surface area contributed by atoms with Gasteiger partial charge in [-0.15, -0.1) is 0 Å². The zero-order chi connectivity index (χ0) is 13.1. The highest BCUT2D eigenvalue weighted by Gasteiger charge is 2.32. The van der Waals surface area contributed by atoms with Gasteiger partial charge >= 0.3 is 0 Å². The highest BCUT2D eigenvalue weighted by molar-refractivity contribution is 5.15. The van der Waals surface area contributed by atoms with E-state index in [1.807, 2.05) is 6.33 Å². The largest absolute Gasteiger partial charge is 0.381 e. The first-order valence-corrected chi connectivity index (χ1v) is 7.57. The fourth-order valence-corrected chi connectivity index (χ4v) is 3.41. The lowest BCUT2D eigenvalue weighted by Crippen LogP contribution is -2.39. The fourth-order valence-electron chi connectivity index (χ4n) is 3.41. The van der Waals surface area contributed by atoms with Crippen LogP contribution < -0.4 is 5.32 Å². The average molecular weight is 263 g/mol. The number of hydrogen-bond acceptors (Lipinski definition) is 3. The van der Waals surface area contributed by atoms with Crippen LogP contribution in [0.4, 0.5) is 0 Å². The van der Waals surface area contributed by atoms with Crippen molar-refractivity contribution in [1.29, 1.82) is 0 Å². The van der Waals surface area contributed by atoms with E-state index in [2.05, 4.69) is 28.0 Å². The summed E-state index contributed by atoms with van der Waals surface area (Å²) in [5, 5.41) is 3.46.